The summed E-state index contributed by atoms with van der Waals surface area (Å²) in [5.74, 6) is -1.29. The van der Waals surface area contributed by atoms with E-state index in [9.17, 15) is 19.5 Å². The van der Waals surface area contributed by atoms with E-state index in [1.165, 1.54) is 4.90 Å². The van der Waals surface area contributed by atoms with Gasteiger partial charge in [0, 0.05) is 18.0 Å². The number of amides is 2. The Morgan fingerprint density at radius 2 is 2.03 bits per heavy atom. The standard InChI is InChI=1S/C28H35N3O6/c1-6-8-9-14-36-27(35)30-23(28(3,4)5)25(32)31-17-20(16-22(31)26(33)34)37-24-21-15-18(7-2)10-11-19(21)12-13-29-24/h6-7,10-13,15,20,22-23H,1-2,8-9,14,16-17H2,3-5H3,(H,30,35)(H,33,34)/t20-,22+,23-/m1/s1. The number of carboxylic acids is 1. The van der Waals surface area contributed by atoms with Gasteiger partial charge in [-0.3, -0.25) is 4.79 Å². The van der Waals surface area contributed by atoms with Crippen molar-refractivity contribution in [3.05, 3.63) is 55.3 Å². The van der Waals surface area contributed by atoms with Crippen molar-refractivity contribution in [2.24, 2.45) is 5.41 Å². The number of nitrogens with one attached hydrogen (secondary N) is 1. The maximum Gasteiger partial charge on any atom is 0.407 e. The predicted molar refractivity (Wildman–Crippen MR) is 141 cm³/mol. The number of carbonyl (C=O) groups is 3. The Hall–Kier alpha value is -3.88. The van der Waals surface area contributed by atoms with Gasteiger partial charge >= 0.3 is 12.1 Å². The van der Waals surface area contributed by atoms with Crippen molar-refractivity contribution in [2.45, 2.75) is 58.2 Å². The highest BCUT2D eigenvalue weighted by molar-refractivity contribution is 5.91. The van der Waals surface area contributed by atoms with Crippen LogP contribution in [0.5, 0.6) is 5.88 Å². The number of ether oxygens (including phenoxy) is 2. The second kappa shape index (κ2) is 11.9. The molecule has 3 atom stereocenters. The highest BCUT2D eigenvalue weighted by Gasteiger charge is 2.46. The van der Waals surface area contributed by atoms with Crippen molar-refractivity contribution < 1.29 is 29.0 Å². The number of alkyl carbamates (subject to hydrolysis) is 1. The Kier molecular flexibility index (Phi) is 8.91. The Morgan fingerprint density at radius 3 is 2.68 bits per heavy atom. The van der Waals surface area contributed by atoms with Gasteiger partial charge < -0.3 is 24.8 Å². The van der Waals surface area contributed by atoms with Crippen LogP contribution in [0.3, 0.4) is 0 Å². The van der Waals surface area contributed by atoms with Crippen molar-refractivity contribution in [3.63, 3.8) is 0 Å². The van der Waals surface area contributed by atoms with Gasteiger partial charge in [-0.25, -0.2) is 14.6 Å². The number of hydrogen-bond donors (Lipinski definition) is 2. The van der Waals surface area contributed by atoms with E-state index < -0.39 is 41.6 Å². The van der Waals surface area contributed by atoms with Crippen LogP contribution < -0.4 is 10.1 Å². The van der Waals surface area contributed by atoms with Crippen molar-refractivity contribution in [1.82, 2.24) is 15.2 Å². The van der Waals surface area contributed by atoms with Gasteiger partial charge in [-0.1, -0.05) is 51.6 Å². The molecule has 2 heterocycles. The molecule has 1 aliphatic heterocycles. The minimum atomic E-state index is -1.14. The van der Waals surface area contributed by atoms with Crippen molar-refractivity contribution in [1.29, 1.82) is 0 Å². The number of carbonyl (C=O) groups excluding carboxylic acids is 2. The van der Waals surface area contributed by atoms with Crippen LogP contribution in [0, 0.1) is 5.41 Å². The van der Waals surface area contributed by atoms with Crippen LogP contribution in [-0.2, 0) is 14.3 Å². The summed E-state index contributed by atoms with van der Waals surface area (Å²) >= 11 is 0. The van der Waals surface area contributed by atoms with Crippen LogP contribution >= 0.6 is 0 Å². The highest BCUT2D eigenvalue weighted by Crippen LogP contribution is 2.31. The first-order chi connectivity index (χ1) is 17.5. The number of fused-ring (bicyclic) bond motifs is 1. The van der Waals surface area contributed by atoms with Gasteiger partial charge in [0.25, 0.3) is 0 Å². The molecule has 0 spiro atoms. The number of benzene rings is 1. The molecule has 0 bridgehead atoms. The molecule has 0 saturated carbocycles. The smallest absolute Gasteiger partial charge is 0.407 e. The van der Waals surface area contributed by atoms with Crippen molar-refractivity contribution >= 4 is 34.8 Å². The number of likely N-dealkylation sites (tertiary alicyclic amines) is 1. The van der Waals surface area contributed by atoms with Crippen LogP contribution in [-0.4, -0.2) is 64.3 Å². The van der Waals surface area contributed by atoms with Crippen LogP contribution in [0.15, 0.2) is 49.7 Å². The molecule has 1 aliphatic rings. The van der Waals surface area contributed by atoms with Gasteiger partial charge in [-0.15, -0.1) is 6.58 Å². The molecule has 3 rings (SSSR count). The molecule has 198 valence electrons. The summed E-state index contributed by atoms with van der Waals surface area (Å²) in [6.45, 7) is 13.0. The van der Waals surface area contributed by atoms with Crippen LogP contribution in [0.25, 0.3) is 16.8 Å². The molecular weight excluding hydrogens is 474 g/mol. The number of allylic oxidation sites excluding steroid dienone is 1. The van der Waals surface area contributed by atoms with Crippen LogP contribution in [0.2, 0.25) is 0 Å². The third-order valence-corrected chi connectivity index (χ3v) is 6.26. The van der Waals surface area contributed by atoms with E-state index in [-0.39, 0.29) is 19.6 Å². The monoisotopic (exact) mass is 509 g/mol. The Balaban J connectivity index is 1.79. The number of aromatic nitrogens is 1. The number of pyridine rings is 1. The molecule has 1 aromatic heterocycles. The second-order valence-corrected chi connectivity index (χ2v) is 10.1. The molecule has 2 amide bonds. The molecule has 2 N–H and O–H groups in total. The third kappa shape index (κ3) is 6.87. The van der Waals surface area contributed by atoms with Crippen LogP contribution in [0.4, 0.5) is 4.79 Å². The fourth-order valence-corrected chi connectivity index (χ4v) is 4.27. The lowest BCUT2D eigenvalue weighted by Crippen LogP contribution is -2.57. The number of unbranched alkanes of at least 4 members (excludes halogenated alkanes) is 1. The number of rotatable bonds is 10. The van der Waals surface area contributed by atoms with E-state index in [4.69, 9.17) is 9.47 Å². The molecule has 0 aliphatic carbocycles. The van der Waals surface area contributed by atoms with Crippen molar-refractivity contribution in [2.75, 3.05) is 13.2 Å². The van der Waals surface area contributed by atoms with Crippen molar-refractivity contribution in [3.8, 4) is 5.88 Å². The molecule has 1 fully saturated rings. The third-order valence-electron chi connectivity index (χ3n) is 6.26. The molecule has 37 heavy (non-hydrogen) atoms. The van der Waals surface area contributed by atoms with E-state index in [1.54, 1.807) is 39.1 Å². The first-order valence-electron chi connectivity index (χ1n) is 12.3. The van der Waals surface area contributed by atoms with Gasteiger partial charge in [0.05, 0.1) is 13.2 Å². The van der Waals surface area contributed by atoms with Gasteiger partial charge in [-0.05, 0) is 41.3 Å². The SMILES string of the molecule is C=CCCCOC(=O)N[C@H](C(=O)N1C[C@H](Oc2nccc3ccc(C=C)cc23)C[C@H]1C(=O)O)C(C)(C)C. The number of aliphatic carboxylic acids is 1. The highest BCUT2D eigenvalue weighted by atomic mass is 16.5. The first-order valence-corrected chi connectivity index (χ1v) is 12.3. The Labute approximate surface area is 217 Å². The lowest BCUT2D eigenvalue weighted by Gasteiger charge is -2.34. The van der Waals surface area contributed by atoms with Gasteiger partial charge in [0.15, 0.2) is 0 Å². The van der Waals surface area contributed by atoms with Crippen LogP contribution in [0.1, 0.15) is 45.6 Å². The fourth-order valence-electron chi connectivity index (χ4n) is 4.27. The first kappa shape index (κ1) is 27.7. The van der Waals surface area contributed by atoms with E-state index in [0.29, 0.717) is 18.7 Å². The molecule has 9 nitrogen and oxygen atoms in total. The van der Waals surface area contributed by atoms with E-state index in [0.717, 1.165) is 16.3 Å². The van der Waals surface area contributed by atoms with Gasteiger partial charge in [-0.2, -0.15) is 0 Å². The summed E-state index contributed by atoms with van der Waals surface area (Å²) in [5, 5.41) is 14.2. The van der Waals surface area contributed by atoms with Gasteiger partial charge in [0.2, 0.25) is 11.8 Å². The number of hydrogen-bond acceptors (Lipinski definition) is 6. The average Bonchev–Trinajstić information content (AvgIpc) is 3.28. The minimum absolute atomic E-state index is 0.0393. The summed E-state index contributed by atoms with van der Waals surface area (Å²) in [5.41, 5.74) is 0.199. The summed E-state index contributed by atoms with van der Waals surface area (Å²) < 4.78 is 11.3. The molecule has 1 saturated heterocycles. The minimum Gasteiger partial charge on any atom is -0.480 e. The zero-order valence-electron chi connectivity index (χ0n) is 21.6. The average molecular weight is 510 g/mol. The molecule has 9 heteroatoms. The fraction of sp³-hybridized carbons (Fsp3) is 0.429. The summed E-state index contributed by atoms with van der Waals surface area (Å²) in [6.07, 6.45) is 5.15. The molecule has 0 radical (unpaired) electrons. The Morgan fingerprint density at radius 1 is 1.27 bits per heavy atom. The number of carboxylic acid groups (broad SMARTS) is 1. The van der Waals surface area contributed by atoms with E-state index in [1.807, 2.05) is 24.3 Å². The lowest BCUT2D eigenvalue weighted by atomic mass is 9.85. The molecule has 1 aromatic carbocycles. The predicted octanol–water partition coefficient (Wildman–Crippen LogP) is 4.42. The summed E-state index contributed by atoms with van der Waals surface area (Å²) in [4.78, 5) is 43.7. The largest absolute Gasteiger partial charge is 0.480 e. The van der Waals surface area contributed by atoms with Gasteiger partial charge in [0.1, 0.15) is 18.2 Å². The maximum absolute atomic E-state index is 13.6. The zero-order valence-corrected chi connectivity index (χ0v) is 21.6. The maximum atomic E-state index is 13.6. The molecule has 0 unspecified atom stereocenters. The number of nitrogens with zero attached hydrogens (tertiary/aromatic N) is 2. The van der Waals surface area contributed by atoms with E-state index in [2.05, 4.69) is 23.5 Å². The second-order valence-electron chi connectivity index (χ2n) is 10.1. The summed E-state index contributed by atoms with van der Waals surface area (Å²) in [7, 11) is 0. The normalized spacial score (nSPS) is 18.2. The summed E-state index contributed by atoms with van der Waals surface area (Å²) in [6, 6.07) is 5.52. The lowest BCUT2D eigenvalue weighted by molar-refractivity contribution is -0.150. The van der Waals surface area contributed by atoms with E-state index >= 15 is 0 Å². The molecular formula is C28H35N3O6. The quantitative estimate of drug-likeness (QED) is 0.360. The zero-order chi connectivity index (χ0) is 27.2. The Bertz CT molecular complexity index is 1170. The molecule has 2 aromatic rings. The topological polar surface area (TPSA) is 118 Å².